The van der Waals surface area contributed by atoms with Gasteiger partial charge in [0.2, 0.25) is 5.91 Å². The van der Waals surface area contributed by atoms with E-state index in [1.807, 2.05) is 24.9 Å². The van der Waals surface area contributed by atoms with Gasteiger partial charge in [-0.25, -0.2) is 0 Å². The Labute approximate surface area is 136 Å². The molecule has 1 N–H and O–H groups in total. The van der Waals surface area contributed by atoms with E-state index in [1.54, 1.807) is 0 Å². The minimum Gasteiger partial charge on any atom is -0.361 e. The van der Waals surface area contributed by atoms with Gasteiger partial charge >= 0.3 is 0 Å². The summed E-state index contributed by atoms with van der Waals surface area (Å²) in [6.45, 7) is 7.49. The zero-order valence-corrected chi connectivity index (χ0v) is 14.1. The Morgan fingerprint density at radius 2 is 2.26 bits per heavy atom. The van der Waals surface area contributed by atoms with Crippen LogP contribution in [0.4, 0.5) is 0 Å². The summed E-state index contributed by atoms with van der Waals surface area (Å²) in [5.41, 5.74) is 4.14. The van der Waals surface area contributed by atoms with E-state index in [-0.39, 0.29) is 5.91 Å². The maximum atomic E-state index is 12.6. The number of aromatic amines is 1. The van der Waals surface area contributed by atoms with Crippen LogP contribution in [0.15, 0.2) is 10.7 Å². The van der Waals surface area contributed by atoms with Crippen LogP contribution in [0.2, 0.25) is 0 Å². The first kappa shape index (κ1) is 15.8. The van der Waals surface area contributed by atoms with Gasteiger partial charge in [-0.3, -0.25) is 9.89 Å². The standard InChI is InChI=1S/C17H24N4O2/c1-11-9-18-19-16(11)7-14-5-4-6-21(10-14)17(22)8-15-12(2)20-23-13(15)3/h9,14H,4-8,10H2,1-3H3,(H,18,19). The van der Waals surface area contributed by atoms with Crippen LogP contribution in [-0.2, 0) is 17.6 Å². The molecule has 3 heterocycles. The summed E-state index contributed by atoms with van der Waals surface area (Å²) in [7, 11) is 0. The lowest BCUT2D eigenvalue weighted by molar-refractivity contribution is -0.132. The molecule has 0 aliphatic carbocycles. The predicted octanol–water partition coefficient (Wildman–Crippen LogP) is 2.35. The number of piperidine rings is 1. The monoisotopic (exact) mass is 316 g/mol. The van der Waals surface area contributed by atoms with Crippen molar-refractivity contribution in [1.29, 1.82) is 0 Å². The molecular weight excluding hydrogens is 292 g/mol. The van der Waals surface area contributed by atoms with Gasteiger partial charge in [-0.2, -0.15) is 5.10 Å². The number of H-pyrrole nitrogens is 1. The molecule has 2 aromatic rings. The summed E-state index contributed by atoms with van der Waals surface area (Å²) in [4.78, 5) is 14.6. The van der Waals surface area contributed by atoms with E-state index in [1.165, 1.54) is 11.3 Å². The molecule has 0 aromatic carbocycles. The Balaban J connectivity index is 1.62. The second-order valence-corrected chi connectivity index (χ2v) is 6.56. The van der Waals surface area contributed by atoms with Crippen LogP contribution < -0.4 is 0 Å². The molecule has 1 aliphatic rings. The van der Waals surface area contributed by atoms with Crippen molar-refractivity contribution in [1.82, 2.24) is 20.3 Å². The van der Waals surface area contributed by atoms with Crippen LogP contribution in [0.5, 0.6) is 0 Å². The van der Waals surface area contributed by atoms with E-state index in [0.717, 1.165) is 49.4 Å². The normalized spacial score (nSPS) is 18.4. The van der Waals surface area contributed by atoms with Gasteiger partial charge in [0.15, 0.2) is 0 Å². The van der Waals surface area contributed by atoms with Crippen molar-refractivity contribution in [2.75, 3.05) is 13.1 Å². The number of carbonyl (C=O) groups excluding carboxylic acids is 1. The van der Waals surface area contributed by atoms with E-state index in [0.29, 0.717) is 12.3 Å². The molecule has 3 rings (SSSR count). The number of aryl methyl sites for hydroxylation is 3. The fourth-order valence-corrected chi connectivity index (χ4v) is 3.34. The average molecular weight is 316 g/mol. The van der Waals surface area contributed by atoms with Gasteiger partial charge in [0.25, 0.3) is 0 Å². The lowest BCUT2D eigenvalue weighted by Gasteiger charge is -2.33. The Kier molecular flexibility index (Phi) is 4.50. The highest BCUT2D eigenvalue weighted by molar-refractivity contribution is 5.79. The zero-order valence-electron chi connectivity index (χ0n) is 14.1. The minimum absolute atomic E-state index is 0.172. The first-order chi connectivity index (χ1) is 11.0. The third kappa shape index (κ3) is 3.46. The van der Waals surface area contributed by atoms with Gasteiger partial charge in [0, 0.05) is 24.3 Å². The van der Waals surface area contributed by atoms with E-state index < -0.39 is 0 Å². The number of nitrogens with one attached hydrogen (secondary N) is 1. The number of likely N-dealkylation sites (tertiary alicyclic amines) is 1. The fourth-order valence-electron chi connectivity index (χ4n) is 3.34. The van der Waals surface area contributed by atoms with Crippen molar-refractivity contribution < 1.29 is 9.32 Å². The lowest BCUT2D eigenvalue weighted by atomic mass is 9.92. The zero-order chi connectivity index (χ0) is 16.4. The molecule has 1 amide bonds. The van der Waals surface area contributed by atoms with Gasteiger partial charge in [0.1, 0.15) is 5.76 Å². The third-order valence-electron chi connectivity index (χ3n) is 4.81. The van der Waals surface area contributed by atoms with Crippen molar-refractivity contribution in [3.63, 3.8) is 0 Å². The lowest BCUT2D eigenvalue weighted by Crippen LogP contribution is -2.41. The number of hydrogen-bond acceptors (Lipinski definition) is 4. The second kappa shape index (κ2) is 6.56. The summed E-state index contributed by atoms with van der Waals surface area (Å²) in [6, 6.07) is 0. The van der Waals surface area contributed by atoms with Crippen molar-refractivity contribution in [2.45, 2.75) is 46.5 Å². The molecule has 2 aromatic heterocycles. The Morgan fingerprint density at radius 3 is 2.91 bits per heavy atom. The molecule has 6 nitrogen and oxygen atoms in total. The van der Waals surface area contributed by atoms with Crippen LogP contribution in [0.1, 0.15) is 41.1 Å². The van der Waals surface area contributed by atoms with Gasteiger partial charge < -0.3 is 9.42 Å². The van der Waals surface area contributed by atoms with E-state index >= 15 is 0 Å². The highest BCUT2D eigenvalue weighted by Gasteiger charge is 2.26. The van der Waals surface area contributed by atoms with Gasteiger partial charge in [0.05, 0.1) is 18.3 Å². The Hall–Kier alpha value is -2.11. The van der Waals surface area contributed by atoms with Gasteiger partial charge in [-0.15, -0.1) is 0 Å². The number of carbonyl (C=O) groups is 1. The largest absolute Gasteiger partial charge is 0.361 e. The van der Waals surface area contributed by atoms with Crippen LogP contribution in [0.3, 0.4) is 0 Å². The number of nitrogens with zero attached hydrogens (tertiary/aromatic N) is 3. The molecule has 0 spiro atoms. The van der Waals surface area contributed by atoms with Gasteiger partial charge in [-0.05, 0) is 51.5 Å². The summed E-state index contributed by atoms with van der Waals surface area (Å²) < 4.78 is 5.16. The first-order valence-corrected chi connectivity index (χ1v) is 8.23. The first-order valence-electron chi connectivity index (χ1n) is 8.23. The van der Waals surface area contributed by atoms with Crippen molar-refractivity contribution >= 4 is 5.91 Å². The molecule has 1 fully saturated rings. The van der Waals surface area contributed by atoms with E-state index in [9.17, 15) is 4.79 Å². The molecule has 1 saturated heterocycles. The maximum absolute atomic E-state index is 12.6. The summed E-state index contributed by atoms with van der Waals surface area (Å²) in [5.74, 6) is 1.42. The quantitative estimate of drug-likeness (QED) is 0.939. The smallest absolute Gasteiger partial charge is 0.227 e. The summed E-state index contributed by atoms with van der Waals surface area (Å²) in [5, 5.41) is 11.1. The molecule has 124 valence electrons. The fraction of sp³-hybridized carbons (Fsp3) is 0.588. The topological polar surface area (TPSA) is 75.0 Å². The molecule has 1 unspecified atom stereocenters. The highest BCUT2D eigenvalue weighted by Crippen LogP contribution is 2.23. The van der Waals surface area contributed by atoms with E-state index in [4.69, 9.17) is 4.52 Å². The summed E-state index contributed by atoms with van der Waals surface area (Å²) >= 11 is 0. The molecule has 6 heteroatoms. The maximum Gasteiger partial charge on any atom is 0.227 e. The van der Waals surface area contributed by atoms with E-state index in [2.05, 4.69) is 22.3 Å². The molecule has 1 atom stereocenters. The van der Waals surface area contributed by atoms with Crippen molar-refractivity contribution in [3.8, 4) is 0 Å². The molecule has 0 radical (unpaired) electrons. The van der Waals surface area contributed by atoms with Crippen molar-refractivity contribution in [2.24, 2.45) is 5.92 Å². The van der Waals surface area contributed by atoms with Crippen LogP contribution in [0.25, 0.3) is 0 Å². The highest BCUT2D eigenvalue weighted by atomic mass is 16.5. The van der Waals surface area contributed by atoms with Crippen LogP contribution in [0, 0.1) is 26.7 Å². The molecule has 23 heavy (non-hydrogen) atoms. The summed E-state index contributed by atoms with van der Waals surface area (Å²) in [6.07, 6.45) is 5.43. The third-order valence-corrected chi connectivity index (χ3v) is 4.81. The molecular formula is C17H24N4O2. The molecule has 1 aliphatic heterocycles. The Morgan fingerprint density at radius 1 is 1.43 bits per heavy atom. The number of hydrogen-bond donors (Lipinski definition) is 1. The van der Waals surface area contributed by atoms with Crippen LogP contribution >= 0.6 is 0 Å². The number of rotatable bonds is 4. The number of amides is 1. The SMILES string of the molecule is Cc1cn[nH]c1CC1CCCN(C(=O)Cc2c(C)noc2C)C1. The Bertz CT molecular complexity index is 669. The molecule has 0 saturated carbocycles. The predicted molar refractivity (Wildman–Crippen MR) is 86.0 cm³/mol. The van der Waals surface area contributed by atoms with Crippen LogP contribution in [-0.4, -0.2) is 39.3 Å². The van der Waals surface area contributed by atoms with Crippen molar-refractivity contribution in [3.05, 3.63) is 34.5 Å². The molecule has 0 bridgehead atoms. The van der Waals surface area contributed by atoms with Gasteiger partial charge in [-0.1, -0.05) is 5.16 Å². The average Bonchev–Trinajstić information content (AvgIpc) is 3.08. The minimum atomic E-state index is 0.172. The number of aromatic nitrogens is 3. The second-order valence-electron chi connectivity index (χ2n) is 6.56.